The van der Waals surface area contributed by atoms with E-state index in [-0.39, 0.29) is 35.2 Å². The molecule has 6 nitrogen and oxygen atoms in total. The molecule has 0 amide bonds. The smallest absolute Gasteiger partial charge is 0.341 e. The molecule has 1 aliphatic heterocycles. The number of aryl methyl sites for hydroxylation is 1. The molecule has 128 valence electrons. The average molecular weight is 337 g/mol. The van der Waals surface area contributed by atoms with Crippen molar-refractivity contribution in [2.45, 2.75) is 32.5 Å². The summed E-state index contributed by atoms with van der Waals surface area (Å²) in [6.07, 6.45) is 1.09. The van der Waals surface area contributed by atoms with E-state index in [1.165, 1.54) is 9.47 Å². The van der Waals surface area contributed by atoms with E-state index in [9.17, 15) is 14.0 Å². The maximum absolute atomic E-state index is 15.0. The van der Waals surface area contributed by atoms with Crippen LogP contribution in [0.25, 0.3) is 10.9 Å². The highest BCUT2D eigenvalue weighted by atomic mass is 19.1. The van der Waals surface area contributed by atoms with Crippen LogP contribution in [0.3, 0.4) is 0 Å². The van der Waals surface area contributed by atoms with Gasteiger partial charge in [-0.15, -0.1) is 0 Å². The molecule has 1 aromatic heterocycles. The number of anilines is 1. The number of pyridine rings is 1. The van der Waals surface area contributed by atoms with E-state index in [4.69, 9.17) is 10.8 Å². The third-order valence-corrected chi connectivity index (χ3v) is 4.61. The van der Waals surface area contributed by atoms with Crippen molar-refractivity contribution in [1.29, 1.82) is 0 Å². The highest BCUT2D eigenvalue weighted by Gasteiger charge is 2.37. The summed E-state index contributed by atoms with van der Waals surface area (Å²) in [5.41, 5.74) is 4.03. The maximum atomic E-state index is 15.0. The Kier molecular flexibility index (Phi) is 3.79. The van der Waals surface area contributed by atoms with E-state index in [1.54, 1.807) is 13.8 Å². The number of benzene rings is 1. The van der Waals surface area contributed by atoms with Crippen LogP contribution in [0.4, 0.5) is 14.5 Å². The van der Waals surface area contributed by atoms with Gasteiger partial charge < -0.3 is 20.3 Å². The average Bonchev–Trinajstić information content (AvgIpc) is 2.54. The Morgan fingerprint density at radius 1 is 1.46 bits per heavy atom. The molecule has 2 heterocycles. The molecule has 2 aromatic rings. The van der Waals surface area contributed by atoms with Crippen LogP contribution in [-0.2, 0) is 6.54 Å². The zero-order chi connectivity index (χ0) is 17.8. The Morgan fingerprint density at radius 2 is 2.12 bits per heavy atom. The summed E-state index contributed by atoms with van der Waals surface area (Å²) in [7, 11) is 0. The highest BCUT2D eigenvalue weighted by molar-refractivity contribution is 5.94. The van der Waals surface area contributed by atoms with Gasteiger partial charge in [0.1, 0.15) is 17.1 Å². The van der Waals surface area contributed by atoms with Gasteiger partial charge in [0.05, 0.1) is 10.9 Å². The lowest BCUT2D eigenvalue weighted by molar-refractivity contribution is 0.0695. The van der Waals surface area contributed by atoms with E-state index >= 15 is 4.39 Å². The van der Waals surface area contributed by atoms with Crippen molar-refractivity contribution in [2.24, 2.45) is 5.73 Å². The zero-order valence-electron chi connectivity index (χ0n) is 13.2. The number of hydrogen-bond donors (Lipinski definition) is 2. The third kappa shape index (κ3) is 2.17. The first-order chi connectivity index (χ1) is 11.3. The molecule has 3 rings (SSSR count). The molecule has 0 radical (unpaired) electrons. The van der Waals surface area contributed by atoms with Gasteiger partial charge in [-0.3, -0.25) is 4.79 Å². The van der Waals surface area contributed by atoms with E-state index < -0.39 is 28.6 Å². The van der Waals surface area contributed by atoms with E-state index in [0.717, 1.165) is 12.3 Å². The van der Waals surface area contributed by atoms with Gasteiger partial charge in [0.25, 0.3) is 0 Å². The summed E-state index contributed by atoms with van der Waals surface area (Å²) in [5.74, 6) is -3.21. The van der Waals surface area contributed by atoms with Gasteiger partial charge in [0.15, 0.2) is 5.82 Å². The standard InChI is InChI=1S/C16H17F2N3O3/c1-3-20-5-9(16(23)24)15(22)8-4-10(17)14(12(18)13(8)20)21-6-11(19)7(21)2/h4-5,7,11H,3,6,19H2,1-2H3,(H,23,24)/t7-,11+/m0/s1. The number of rotatable bonds is 3. The number of nitrogens with two attached hydrogens (primary N) is 1. The van der Waals surface area contributed by atoms with Crippen molar-refractivity contribution in [3.63, 3.8) is 0 Å². The predicted molar refractivity (Wildman–Crippen MR) is 85.5 cm³/mol. The Labute approximate surface area is 136 Å². The number of fused-ring (bicyclic) bond motifs is 1. The number of carboxylic acids is 1. The lowest BCUT2D eigenvalue weighted by Gasteiger charge is -2.46. The Balaban J connectivity index is 2.35. The normalized spacial score (nSPS) is 20.3. The molecule has 1 fully saturated rings. The molecular formula is C16H17F2N3O3. The van der Waals surface area contributed by atoms with Crippen molar-refractivity contribution in [2.75, 3.05) is 11.4 Å². The maximum Gasteiger partial charge on any atom is 0.341 e. The first-order valence-corrected chi connectivity index (χ1v) is 7.58. The van der Waals surface area contributed by atoms with Crippen LogP contribution in [0.1, 0.15) is 24.2 Å². The lowest BCUT2D eigenvalue weighted by atomic mass is 9.97. The molecule has 2 atom stereocenters. The Hall–Kier alpha value is -2.48. The SMILES string of the molecule is CCn1cc(C(=O)O)c(=O)c2cc(F)c(N3C[C@@H](N)[C@@H]3C)c(F)c21. The summed E-state index contributed by atoms with van der Waals surface area (Å²) >= 11 is 0. The van der Waals surface area contributed by atoms with E-state index in [0.29, 0.717) is 6.54 Å². The summed E-state index contributed by atoms with van der Waals surface area (Å²) < 4.78 is 30.8. The molecular weight excluding hydrogens is 320 g/mol. The minimum Gasteiger partial charge on any atom is -0.477 e. The summed E-state index contributed by atoms with van der Waals surface area (Å²) in [5, 5.41) is 8.83. The van der Waals surface area contributed by atoms with Crippen molar-refractivity contribution >= 4 is 22.6 Å². The monoisotopic (exact) mass is 337 g/mol. The largest absolute Gasteiger partial charge is 0.477 e. The summed E-state index contributed by atoms with van der Waals surface area (Å²) in [4.78, 5) is 25.0. The molecule has 0 aliphatic carbocycles. The van der Waals surface area contributed by atoms with Crippen LogP contribution < -0.4 is 16.1 Å². The van der Waals surface area contributed by atoms with E-state index in [1.807, 2.05) is 0 Å². The molecule has 24 heavy (non-hydrogen) atoms. The molecule has 0 bridgehead atoms. The van der Waals surface area contributed by atoms with Crippen LogP contribution >= 0.6 is 0 Å². The van der Waals surface area contributed by atoms with Crippen LogP contribution in [0.5, 0.6) is 0 Å². The summed E-state index contributed by atoms with van der Waals surface area (Å²) in [6, 6.07) is 0.499. The number of halogens is 2. The van der Waals surface area contributed by atoms with Gasteiger partial charge in [-0.25, -0.2) is 13.6 Å². The van der Waals surface area contributed by atoms with Gasteiger partial charge in [0.2, 0.25) is 5.43 Å². The molecule has 0 saturated carbocycles. The van der Waals surface area contributed by atoms with E-state index in [2.05, 4.69) is 0 Å². The van der Waals surface area contributed by atoms with Gasteiger partial charge in [-0.05, 0) is 19.9 Å². The summed E-state index contributed by atoms with van der Waals surface area (Å²) in [6.45, 7) is 3.98. The van der Waals surface area contributed by atoms with Gasteiger partial charge in [0, 0.05) is 31.4 Å². The Bertz CT molecular complexity index is 910. The van der Waals surface area contributed by atoms with Crippen molar-refractivity contribution in [1.82, 2.24) is 4.57 Å². The second-order valence-corrected chi connectivity index (χ2v) is 5.94. The molecule has 0 spiro atoms. The molecule has 3 N–H and O–H groups in total. The number of aromatic carboxylic acids is 1. The fourth-order valence-corrected chi connectivity index (χ4v) is 3.08. The van der Waals surface area contributed by atoms with Crippen LogP contribution in [0, 0.1) is 11.6 Å². The van der Waals surface area contributed by atoms with Crippen molar-refractivity contribution < 1.29 is 18.7 Å². The quantitative estimate of drug-likeness (QED) is 0.887. The van der Waals surface area contributed by atoms with Gasteiger partial charge in [-0.2, -0.15) is 0 Å². The van der Waals surface area contributed by atoms with Gasteiger partial charge >= 0.3 is 5.97 Å². The van der Waals surface area contributed by atoms with Crippen molar-refractivity contribution in [3.05, 3.63) is 39.7 Å². The number of hydrogen-bond acceptors (Lipinski definition) is 4. The number of nitrogens with zero attached hydrogens (tertiary/aromatic N) is 2. The molecule has 0 unspecified atom stereocenters. The first-order valence-electron chi connectivity index (χ1n) is 7.58. The second kappa shape index (κ2) is 5.55. The molecule has 8 heteroatoms. The minimum atomic E-state index is -1.43. The Morgan fingerprint density at radius 3 is 2.62 bits per heavy atom. The molecule has 1 aromatic carbocycles. The predicted octanol–water partition coefficient (Wildman–Crippen LogP) is 1.53. The highest BCUT2D eigenvalue weighted by Crippen LogP contribution is 2.34. The van der Waals surface area contributed by atoms with Crippen LogP contribution in [0.15, 0.2) is 17.1 Å². The molecule has 1 aliphatic rings. The van der Waals surface area contributed by atoms with Crippen LogP contribution in [-0.4, -0.2) is 34.3 Å². The number of carboxylic acid groups (broad SMARTS) is 1. The van der Waals surface area contributed by atoms with Crippen LogP contribution in [0.2, 0.25) is 0 Å². The fourth-order valence-electron chi connectivity index (χ4n) is 3.08. The first kappa shape index (κ1) is 16.4. The number of aromatic nitrogens is 1. The fraction of sp³-hybridized carbons (Fsp3) is 0.375. The topological polar surface area (TPSA) is 88.6 Å². The van der Waals surface area contributed by atoms with Gasteiger partial charge in [-0.1, -0.05) is 0 Å². The zero-order valence-corrected chi connectivity index (χ0v) is 13.2. The number of carbonyl (C=O) groups is 1. The third-order valence-electron chi connectivity index (χ3n) is 4.61. The molecule has 1 saturated heterocycles. The minimum absolute atomic E-state index is 0.100. The lowest BCUT2D eigenvalue weighted by Crippen LogP contribution is -2.63. The van der Waals surface area contributed by atoms with Crippen molar-refractivity contribution in [3.8, 4) is 0 Å². The second-order valence-electron chi connectivity index (χ2n) is 5.94.